The van der Waals surface area contributed by atoms with Gasteiger partial charge >= 0.3 is 0 Å². The molecule has 27 heavy (non-hydrogen) atoms. The van der Waals surface area contributed by atoms with E-state index in [0.717, 1.165) is 25.0 Å². The van der Waals surface area contributed by atoms with Gasteiger partial charge < -0.3 is 14.5 Å². The molecule has 1 fully saturated rings. The molecule has 6 heteroatoms. The lowest BCUT2D eigenvalue weighted by Crippen LogP contribution is -2.32. The van der Waals surface area contributed by atoms with Crippen molar-refractivity contribution in [3.05, 3.63) is 65.3 Å². The summed E-state index contributed by atoms with van der Waals surface area (Å²) in [4.78, 5) is 17.0. The van der Waals surface area contributed by atoms with Crippen molar-refractivity contribution in [2.24, 2.45) is 0 Å². The molecule has 5 nitrogen and oxygen atoms in total. The monoisotopic (exact) mass is 382 g/mol. The molecule has 0 bridgehead atoms. The molecular formula is C21H19ClN2O3. The van der Waals surface area contributed by atoms with Crippen LogP contribution in [-0.2, 0) is 4.74 Å². The minimum absolute atomic E-state index is 0.0966. The van der Waals surface area contributed by atoms with E-state index in [0.29, 0.717) is 34.3 Å². The number of hydrogen-bond acceptors (Lipinski definition) is 4. The number of halogens is 1. The zero-order valence-electron chi connectivity index (χ0n) is 14.7. The van der Waals surface area contributed by atoms with Gasteiger partial charge in [0.25, 0.3) is 5.91 Å². The molecule has 0 unspecified atom stereocenters. The molecule has 2 heterocycles. The Morgan fingerprint density at radius 1 is 1.19 bits per heavy atom. The number of nitrogens with one attached hydrogen (secondary N) is 1. The molecule has 3 aromatic rings. The molecule has 1 atom stereocenters. The van der Waals surface area contributed by atoms with Crippen LogP contribution >= 0.6 is 11.6 Å². The van der Waals surface area contributed by atoms with Gasteiger partial charge in [-0.3, -0.25) is 4.79 Å². The average molecular weight is 383 g/mol. The molecule has 1 aliphatic rings. The molecule has 2 aromatic carbocycles. The standard InChI is InChI=1S/C21H19ClN2O3/c22-15-9-7-14(8-10-15)19-13-24-21(27-19)18-6-2-1-5-17(18)20(25)23-12-16-4-3-11-26-16/h1-2,5-10,13,16H,3-4,11-12H2,(H,23,25)/t16-/m0/s1. The van der Waals surface area contributed by atoms with Crippen LogP contribution < -0.4 is 5.32 Å². The van der Waals surface area contributed by atoms with Crippen LogP contribution in [0.2, 0.25) is 5.02 Å². The van der Waals surface area contributed by atoms with Crippen molar-refractivity contribution in [3.8, 4) is 22.8 Å². The largest absolute Gasteiger partial charge is 0.436 e. The first-order valence-corrected chi connectivity index (χ1v) is 9.29. The van der Waals surface area contributed by atoms with Gasteiger partial charge in [-0.05, 0) is 49.2 Å². The third kappa shape index (κ3) is 4.04. The lowest BCUT2D eigenvalue weighted by Gasteiger charge is -2.12. The fourth-order valence-corrected chi connectivity index (χ4v) is 3.25. The van der Waals surface area contributed by atoms with Crippen LogP contribution in [0.1, 0.15) is 23.2 Å². The second-order valence-electron chi connectivity index (χ2n) is 6.43. The van der Waals surface area contributed by atoms with Crippen molar-refractivity contribution in [2.45, 2.75) is 18.9 Å². The van der Waals surface area contributed by atoms with E-state index >= 15 is 0 Å². The number of carbonyl (C=O) groups excluding carboxylic acids is 1. The summed E-state index contributed by atoms with van der Waals surface area (Å²) in [5.74, 6) is 0.867. The molecule has 0 radical (unpaired) electrons. The summed E-state index contributed by atoms with van der Waals surface area (Å²) in [6.45, 7) is 1.27. The fourth-order valence-electron chi connectivity index (χ4n) is 3.12. The van der Waals surface area contributed by atoms with Crippen LogP contribution in [-0.4, -0.2) is 30.1 Å². The van der Waals surface area contributed by atoms with E-state index in [-0.39, 0.29) is 12.0 Å². The predicted molar refractivity (Wildman–Crippen MR) is 104 cm³/mol. The summed E-state index contributed by atoms with van der Waals surface area (Å²) in [6, 6.07) is 14.6. The van der Waals surface area contributed by atoms with Crippen molar-refractivity contribution in [2.75, 3.05) is 13.2 Å². The summed E-state index contributed by atoms with van der Waals surface area (Å²) in [5.41, 5.74) is 2.06. The van der Waals surface area contributed by atoms with E-state index in [1.165, 1.54) is 0 Å². The third-order valence-electron chi connectivity index (χ3n) is 4.55. The minimum Gasteiger partial charge on any atom is -0.436 e. The fraction of sp³-hybridized carbons (Fsp3) is 0.238. The summed E-state index contributed by atoms with van der Waals surface area (Å²) in [7, 11) is 0. The van der Waals surface area contributed by atoms with Gasteiger partial charge in [0.2, 0.25) is 5.89 Å². The molecule has 0 spiro atoms. The highest BCUT2D eigenvalue weighted by molar-refractivity contribution is 6.30. The second kappa shape index (κ2) is 7.94. The maximum atomic E-state index is 12.7. The second-order valence-corrected chi connectivity index (χ2v) is 6.86. The van der Waals surface area contributed by atoms with Crippen molar-refractivity contribution < 1.29 is 13.9 Å². The molecule has 0 saturated carbocycles. The van der Waals surface area contributed by atoms with Gasteiger partial charge in [-0.2, -0.15) is 0 Å². The van der Waals surface area contributed by atoms with Gasteiger partial charge in [-0.1, -0.05) is 23.7 Å². The molecule has 138 valence electrons. The molecule has 1 saturated heterocycles. The number of aromatic nitrogens is 1. The number of benzene rings is 2. The van der Waals surface area contributed by atoms with Gasteiger partial charge in [0, 0.05) is 29.3 Å². The Kier molecular flexibility index (Phi) is 5.23. The summed E-state index contributed by atoms with van der Waals surface area (Å²) < 4.78 is 11.5. The number of hydrogen-bond donors (Lipinski definition) is 1. The molecule has 0 aliphatic carbocycles. The maximum Gasteiger partial charge on any atom is 0.252 e. The minimum atomic E-state index is -0.160. The topological polar surface area (TPSA) is 64.4 Å². The van der Waals surface area contributed by atoms with Crippen LogP contribution in [0, 0.1) is 0 Å². The van der Waals surface area contributed by atoms with Crippen LogP contribution in [0.15, 0.2) is 59.1 Å². The smallest absolute Gasteiger partial charge is 0.252 e. The Bertz CT molecular complexity index is 931. The first-order chi connectivity index (χ1) is 13.2. The van der Waals surface area contributed by atoms with Gasteiger partial charge in [-0.25, -0.2) is 4.98 Å². The number of nitrogens with zero attached hydrogens (tertiary/aromatic N) is 1. The van der Waals surface area contributed by atoms with E-state index in [1.807, 2.05) is 30.3 Å². The number of carbonyl (C=O) groups is 1. The average Bonchev–Trinajstić information content (AvgIpc) is 3.39. The van der Waals surface area contributed by atoms with E-state index in [4.69, 9.17) is 20.8 Å². The Labute approximate surface area is 162 Å². The highest BCUT2D eigenvalue weighted by atomic mass is 35.5. The van der Waals surface area contributed by atoms with E-state index < -0.39 is 0 Å². The van der Waals surface area contributed by atoms with E-state index in [9.17, 15) is 4.79 Å². The lowest BCUT2D eigenvalue weighted by atomic mass is 10.1. The Balaban J connectivity index is 1.55. The molecule has 1 aromatic heterocycles. The summed E-state index contributed by atoms with van der Waals surface area (Å²) in [6.07, 6.45) is 3.77. The van der Waals surface area contributed by atoms with E-state index in [1.54, 1.807) is 24.4 Å². The van der Waals surface area contributed by atoms with Crippen molar-refractivity contribution >= 4 is 17.5 Å². The highest BCUT2D eigenvalue weighted by Gasteiger charge is 2.20. The third-order valence-corrected chi connectivity index (χ3v) is 4.80. The normalized spacial score (nSPS) is 16.4. The van der Waals surface area contributed by atoms with Gasteiger partial charge in [0.1, 0.15) is 0 Å². The lowest BCUT2D eigenvalue weighted by molar-refractivity contribution is 0.0858. The van der Waals surface area contributed by atoms with Gasteiger partial charge in [0.15, 0.2) is 5.76 Å². The van der Waals surface area contributed by atoms with Gasteiger partial charge in [-0.15, -0.1) is 0 Å². The summed E-state index contributed by atoms with van der Waals surface area (Å²) in [5, 5.41) is 3.61. The Hall–Kier alpha value is -2.63. The SMILES string of the molecule is O=C(NC[C@@H]1CCCO1)c1ccccc1-c1ncc(-c2ccc(Cl)cc2)o1. The van der Waals surface area contributed by atoms with Crippen molar-refractivity contribution in [3.63, 3.8) is 0 Å². The van der Waals surface area contributed by atoms with Crippen LogP contribution in [0.4, 0.5) is 0 Å². The molecule has 4 rings (SSSR count). The summed E-state index contributed by atoms with van der Waals surface area (Å²) >= 11 is 5.93. The Morgan fingerprint density at radius 2 is 2.00 bits per heavy atom. The first kappa shape index (κ1) is 17.8. The Morgan fingerprint density at radius 3 is 2.78 bits per heavy atom. The number of rotatable bonds is 5. The predicted octanol–water partition coefficient (Wildman–Crippen LogP) is 4.57. The number of ether oxygens (including phenoxy) is 1. The highest BCUT2D eigenvalue weighted by Crippen LogP contribution is 2.29. The molecule has 1 N–H and O–H groups in total. The zero-order valence-corrected chi connectivity index (χ0v) is 15.4. The van der Waals surface area contributed by atoms with Crippen LogP contribution in [0.25, 0.3) is 22.8 Å². The maximum absolute atomic E-state index is 12.7. The number of amides is 1. The van der Waals surface area contributed by atoms with Crippen LogP contribution in [0.5, 0.6) is 0 Å². The van der Waals surface area contributed by atoms with Crippen molar-refractivity contribution in [1.82, 2.24) is 10.3 Å². The number of oxazole rings is 1. The molecular weight excluding hydrogens is 364 g/mol. The quantitative estimate of drug-likeness (QED) is 0.702. The molecule has 1 aliphatic heterocycles. The van der Waals surface area contributed by atoms with Crippen molar-refractivity contribution in [1.29, 1.82) is 0 Å². The van der Waals surface area contributed by atoms with E-state index in [2.05, 4.69) is 10.3 Å². The van der Waals surface area contributed by atoms with Crippen LogP contribution in [0.3, 0.4) is 0 Å². The van der Waals surface area contributed by atoms with Gasteiger partial charge in [0.05, 0.1) is 17.9 Å². The molecule has 1 amide bonds. The first-order valence-electron chi connectivity index (χ1n) is 8.91. The zero-order chi connectivity index (χ0) is 18.6.